The number of rotatable bonds is 7. The summed E-state index contributed by atoms with van der Waals surface area (Å²) in [7, 11) is -2.50. The van der Waals surface area contributed by atoms with E-state index < -0.39 is 27.9 Å². The van der Waals surface area contributed by atoms with Crippen LogP contribution in [0.1, 0.15) is 50.9 Å². The Labute approximate surface area is 230 Å². The van der Waals surface area contributed by atoms with Gasteiger partial charge in [0.15, 0.2) is 0 Å². The van der Waals surface area contributed by atoms with Crippen molar-refractivity contribution in [3.8, 4) is 0 Å². The lowest BCUT2D eigenvalue weighted by Gasteiger charge is -2.29. The smallest absolute Gasteiger partial charge is 0.410 e. The molecule has 1 saturated heterocycles. The lowest BCUT2D eigenvalue weighted by atomic mass is 9.99. The fraction of sp³-hybridized carbons (Fsp3) is 0.440. The van der Waals surface area contributed by atoms with Crippen LogP contribution in [0.15, 0.2) is 29.2 Å². The second kappa shape index (κ2) is 11.7. The molecule has 3 heterocycles. The van der Waals surface area contributed by atoms with E-state index in [9.17, 15) is 27.6 Å². The molecule has 0 aliphatic carbocycles. The number of anilines is 1. The Hall–Kier alpha value is -3.49. The van der Waals surface area contributed by atoms with Gasteiger partial charge in [-0.05, 0) is 56.0 Å². The highest BCUT2D eigenvalue weighted by atomic mass is 32.2. The van der Waals surface area contributed by atoms with Crippen LogP contribution in [-0.4, -0.2) is 74.9 Å². The normalized spacial score (nSPS) is 16.3. The minimum Gasteiger partial charge on any atom is -0.469 e. The zero-order chi connectivity index (χ0) is 28.3. The van der Waals surface area contributed by atoms with Gasteiger partial charge in [0.05, 0.1) is 36.6 Å². The van der Waals surface area contributed by atoms with Crippen molar-refractivity contribution < 1.29 is 37.1 Å². The summed E-state index contributed by atoms with van der Waals surface area (Å²) in [5, 5.41) is 2.99. The van der Waals surface area contributed by atoms with Crippen molar-refractivity contribution in [1.82, 2.24) is 9.21 Å². The number of thiophene rings is 1. The summed E-state index contributed by atoms with van der Waals surface area (Å²) >= 11 is 1.16. The maximum absolute atomic E-state index is 13.1. The van der Waals surface area contributed by atoms with Crippen LogP contribution in [0.2, 0.25) is 0 Å². The summed E-state index contributed by atoms with van der Waals surface area (Å²) in [4.78, 5) is 51.4. The highest BCUT2D eigenvalue weighted by molar-refractivity contribution is 7.89. The number of nitrogens with one attached hydrogen (secondary N) is 1. The fourth-order valence-corrected chi connectivity index (χ4v) is 7.46. The summed E-state index contributed by atoms with van der Waals surface area (Å²) in [6.07, 6.45) is 0.682. The molecular weight excluding hydrogens is 548 g/mol. The average molecular weight is 579 g/mol. The Morgan fingerprint density at radius 1 is 1.10 bits per heavy atom. The number of esters is 1. The number of nitrogens with zero attached hydrogens (tertiary/aromatic N) is 2. The van der Waals surface area contributed by atoms with Crippen molar-refractivity contribution in [2.24, 2.45) is 11.7 Å². The van der Waals surface area contributed by atoms with E-state index in [1.54, 1.807) is 6.92 Å². The molecule has 14 heteroatoms. The van der Waals surface area contributed by atoms with Crippen LogP contribution < -0.4 is 11.1 Å². The number of methoxy groups -OCH3 is 1. The largest absolute Gasteiger partial charge is 0.469 e. The fourth-order valence-electron chi connectivity index (χ4n) is 4.72. The number of piperidine rings is 1. The van der Waals surface area contributed by atoms with Crippen LogP contribution in [0.3, 0.4) is 0 Å². The van der Waals surface area contributed by atoms with Crippen LogP contribution >= 0.6 is 11.3 Å². The molecule has 2 aliphatic rings. The molecule has 3 N–H and O–H groups in total. The Bertz CT molecular complexity index is 1380. The Morgan fingerprint density at radius 3 is 2.36 bits per heavy atom. The molecule has 0 unspecified atom stereocenters. The van der Waals surface area contributed by atoms with Crippen molar-refractivity contribution in [2.75, 3.05) is 38.7 Å². The molecule has 39 heavy (non-hydrogen) atoms. The number of hydrogen-bond donors (Lipinski definition) is 2. The van der Waals surface area contributed by atoms with Crippen molar-refractivity contribution in [2.45, 2.75) is 37.6 Å². The Morgan fingerprint density at radius 2 is 1.77 bits per heavy atom. The summed E-state index contributed by atoms with van der Waals surface area (Å²) < 4.78 is 37.3. The molecular formula is C25H30N4O8S2. The van der Waals surface area contributed by atoms with Gasteiger partial charge in [0.1, 0.15) is 5.00 Å². The van der Waals surface area contributed by atoms with Crippen molar-refractivity contribution in [3.63, 3.8) is 0 Å². The molecule has 2 aliphatic heterocycles. The van der Waals surface area contributed by atoms with Crippen molar-refractivity contribution in [3.05, 3.63) is 45.8 Å². The maximum Gasteiger partial charge on any atom is 0.410 e. The van der Waals surface area contributed by atoms with Gasteiger partial charge in [-0.15, -0.1) is 11.3 Å². The van der Waals surface area contributed by atoms with Gasteiger partial charge in [-0.3, -0.25) is 14.4 Å². The van der Waals surface area contributed by atoms with Crippen LogP contribution in [0.25, 0.3) is 0 Å². The molecule has 0 spiro atoms. The number of primary amides is 1. The zero-order valence-electron chi connectivity index (χ0n) is 21.6. The molecule has 1 aromatic heterocycles. The third-order valence-corrected chi connectivity index (χ3v) is 9.84. The molecule has 0 atom stereocenters. The van der Waals surface area contributed by atoms with E-state index in [4.69, 9.17) is 15.2 Å². The van der Waals surface area contributed by atoms with Gasteiger partial charge >= 0.3 is 12.1 Å². The molecule has 1 aromatic carbocycles. The zero-order valence-corrected chi connectivity index (χ0v) is 23.2. The molecule has 12 nitrogen and oxygen atoms in total. The summed E-state index contributed by atoms with van der Waals surface area (Å²) in [6.45, 7) is 2.93. The first-order valence-electron chi connectivity index (χ1n) is 12.4. The van der Waals surface area contributed by atoms with E-state index in [1.165, 1.54) is 40.6 Å². The number of benzene rings is 1. The first kappa shape index (κ1) is 28.5. The topological polar surface area (TPSA) is 165 Å². The maximum atomic E-state index is 13.1. The van der Waals surface area contributed by atoms with Crippen LogP contribution in [0.5, 0.6) is 0 Å². The number of carbonyl (C=O) groups is 4. The van der Waals surface area contributed by atoms with E-state index in [2.05, 4.69) is 5.32 Å². The summed E-state index contributed by atoms with van der Waals surface area (Å²) in [5.41, 5.74) is 6.72. The quantitative estimate of drug-likeness (QED) is 0.472. The molecule has 0 radical (unpaired) electrons. The number of sulfonamides is 1. The van der Waals surface area contributed by atoms with E-state index in [1.807, 2.05) is 0 Å². The first-order valence-corrected chi connectivity index (χ1v) is 14.7. The second-order valence-corrected chi connectivity index (χ2v) is 12.2. The standard InChI is InChI=1S/C25H30N4O8S2/c1-3-37-25(33)28-11-10-18-19(14-28)38-23(20(18)21(26)30)27-22(31)15-4-6-17(7-5-15)39(34,35)29-12-8-16(9-13-29)24(32)36-2/h4-7,16H,3,8-14H2,1-2H3,(H2,26,30)(H,27,31). The first-order chi connectivity index (χ1) is 18.6. The van der Waals surface area contributed by atoms with Crippen LogP contribution in [-0.2, 0) is 37.3 Å². The van der Waals surface area contributed by atoms with Crippen molar-refractivity contribution in [1.29, 1.82) is 0 Å². The number of ether oxygens (including phenoxy) is 2. The molecule has 4 rings (SSSR count). The second-order valence-electron chi connectivity index (χ2n) is 9.12. The molecule has 0 bridgehead atoms. The average Bonchev–Trinajstić information content (AvgIpc) is 3.30. The van der Waals surface area contributed by atoms with Crippen LogP contribution in [0, 0.1) is 5.92 Å². The van der Waals surface area contributed by atoms with Gasteiger partial charge in [0.25, 0.3) is 11.8 Å². The Kier molecular flexibility index (Phi) is 8.57. The van der Waals surface area contributed by atoms with Crippen molar-refractivity contribution >= 4 is 50.2 Å². The van der Waals surface area contributed by atoms with E-state index in [0.29, 0.717) is 31.4 Å². The SMILES string of the molecule is CCOC(=O)N1CCc2c(sc(NC(=O)c3ccc(S(=O)(=O)N4CCC(C(=O)OC)CC4)cc3)c2C(N)=O)C1. The molecule has 2 aromatic rings. The number of fused-ring (bicyclic) bond motifs is 1. The number of hydrogen-bond acceptors (Lipinski definition) is 9. The van der Waals surface area contributed by atoms with Gasteiger partial charge in [-0.25, -0.2) is 13.2 Å². The van der Waals surface area contributed by atoms with Gasteiger partial charge in [-0.1, -0.05) is 0 Å². The predicted octanol–water partition coefficient (Wildman–Crippen LogP) is 2.19. The monoisotopic (exact) mass is 578 g/mol. The Balaban J connectivity index is 1.47. The lowest BCUT2D eigenvalue weighted by Crippen LogP contribution is -2.40. The minimum atomic E-state index is -3.81. The number of amides is 3. The minimum absolute atomic E-state index is 0.0269. The third kappa shape index (κ3) is 5.92. The van der Waals surface area contributed by atoms with Gasteiger partial charge < -0.3 is 25.4 Å². The third-order valence-electron chi connectivity index (χ3n) is 6.80. The highest BCUT2D eigenvalue weighted by Crippen LogP contribution is 2.37. The molecule has 0 saturated carbocycles. The van der Waals surface area contributed by atoms with Gasteiger partial charge in [-0.2, -0.15) is 4.31 Å². The highest BCUT2D eigenvalue weighted by Gasteiger charge is 2.33. The predicted molar refractivity (Wildman–Crippen MR) is 142 cm³/mol. The molecule has 210 valence electrons. The lowest BCUT2D eigenvalue weighted by molar-refractivity contribution is -0.146. The molecule has 3 amide bonds. The number of carbonyl (C=O) groups excluding carboxylic acids is 4. The van der Waals surface area contributed by atoms with Gasteiger partial charge in [0.2, 0.25) is 10.0 Å². The van der Waals surface area contributed by atoms with E-state index in [0.717, 1.165) is 16.2 Å². The summed E-state index contributed by atoms with van der Waals surface area (Å²) in [5.74, 6) is -1.90. The summed E-state index contributed by atoms with van der Waals surface area (Å²) in [6, 6.07) is 5.48. The van der Waals surface area contributed by atoms with E-state index in [-0.39, 0.29) is 59.2 Å². The van der Waals surface area contributed by atoms with Crippen LogP contribution in [0.4, 0.5) is 9.80 Å². The van der Waals surface area contributed by atoms with E-state index >= 15 is 0 Å². The number of nitrogens with two attached hydrogens (primary N) is 1. The van der Waals surface area contributed by atoms with Gasteiger partial charge in [0, 0.05) is 30.1 Å². The molecule has 1 fully saturated rings.